The smallest absolute Gasteiger partial charge is 0.337 e. The molecule has 0 saturated carbocycles. The molecule has 0 radical (unpaired) electrons. The van der Waals surface area contributed by atoms with Gasteiger partial charge in [0, 0.05) is 11.4 Å². The van der Waals surface area contributed by atoms with Crippen LogP contribution in [0.2, 0.25) is 0 Å². The van der Waals surface area contributed by atoms with E-state index in [0.29, 0.717) is 22.2 Å². The molecular formula is C18H17N5O3S. The number of nitrogens with zero attached hydrogens (tertiary/aromatic N) is 3. The van der Waals surface area contributed by atoms with Crippen molar-refractivity contribution < 1.29 is 9.53 Å². The number of hydrogen-bond donors (Lipinski definition) is 2. The number of carbonyl (C=O) groups is 1. The molecule has 138 valence electrons. The normalized spacial score (nSPS) is 10.4. The van der Waals surface area contributed by atoms with Gasteiger partial charge in [0.2, 0.25) is 11.0 Å². The van der Waals surface area contributed by atoms with Crippen LogP contribution in [-0.4, -0.2) is 28.0 Å². The topological polar surface area (TPSA) is 112 Å². The summed E-state index contributed by atoms with van der Waals surface area (Å²) in [5.41, 5.74) is 1.55. The zero-order chi connectivity index (χ0) is 19.2. The first-order chi connectivity index (χ1) is 13.1. The SMILES string of the molecule is COC(=O)c1ccc(Nc2nnc(SCc3ccccc3)n(N)c2=O)cc1. The molecule has 0 saturated heterocycles. The van der Waals surface area contributed by atoms with Crippen LogP contribution in [-0.2, 0) is 10.5 Å². The minimum atomic E-state index is -0.502. The van der Waals surface area contributed by atoms with Gasteiger partial charge in [0.1, 0.15) is 0 Å². The van der Waals surface area contributed by atoms with Gasteiger partial charge in [0.05, 0.1) is 12.7 Å². The lowest BCUT2D eigenvalue weighted by atomic mass is 10.2. The van der Waals surface area contributed by atoms with Crippen LogP contribution < -0.4 is 16.7 Å². The van der Waals surface area contributed by atoms with E-state index < -0.39 is 11.5 Å². The maximum atomic E-state index is 12.4. The number of ether oxygens (including phenoxy) is 1. The molecule has 9 heteroatoms. The summed E-state index contributed by atoms with van der Waals surface area (Å²) in [5.74, 6) is 6.04. The highest BCUT2D eigenvalue weighted by atomic mass is 32.2. The Morgan fingerprint density at radius 1 is 1.15 bits per heavy atom. The maximum absolute atomic E-state index is 12.4. The van der Waals surface area contributed by atoms with Crippen molar-refractivity contribution in [1.29, 1.82) is 0 Å². The van der Waals surface area contributed by atoms with Crippen LogP contribution in [0.3, 0.4) is 0 Å². The maximum Gasteiger partial charge on any atom is 0.337 e. The van der Waals surface area contributed by atoms with Gasteiger partial charge in [-0.3, -0.25) is 4.79 Å². The fourth-order valence-electron chi connectivity index (χ4n) is 2.23. The first-order valence-corrected chi connectivity index (χ1v) is 8.94. The third kappa shape index (κ3) is 4.45. The lowest BCUT2D eigenvalue weighted by Crippen LogP contribution is -2.32. The lowest BCUT2D eigenvalue weighted by molar-refractivity contribution is 0.0601. The molecule has 0 atom stereocenters. The van der Waals surface area contributed by atoms with Crippen LogP contribution in [0.5, 0.6) is 0 Å². The van der Waals surface area contributed by atoms with E-state index in [1.54, 1.807) is 24.3 Å². The fraction of sp³-hybridized carbons (Fsp3) is 0.111. The van der Waals surface area contributed by atoms with E-state index in [1.807, 2.05) is 30.3 Å². The summed E-state index contributed by atoms with van der Waals surface area (Å²) < 4.78 is 5.61. The Kier molecular flexibility index (Phi) is 5.72. The van der Waals surface area contributed by atoms with Crippen molar-refractivity contribution in [1.82, 2.24) is 14.9 Å². The second kappa shape index (κ2) is 8.37. The summed E-state index contributed by atoms with van der Waals surface area (Å²) >= 11 is 1.32. The van der Waals surface area contributed by atoms with Crippen LogP contribution in [0.4, 0.5) is 11.5 Å². The van der Waals surface area contributed by atoms with Gasteiger partial charge in [-0.1, -0.05) is 42.1 Å². The molecule has 0 amide bonds. The van der Waals surface area contributed by atoms with E-state index in [0.717, 1.165) is 10.2 Å². The Hall–Kier alpha value is -3.33. The number of carbonyl (C=O) groups excluding carboxylic acids is 1. The first-order valence-electron chi connectivity index (χ1n) is 7.95. The minimum Gasteiger partial charge on any atom is -0.465 e. The summed E-state index contributed by atoms with van der Waals surface area (Å²) in [6.45, 7) is 0. The lowest BCUT2D eigenvalue weighted by Gasteiger charge is -2.09. The summed E-state index contributed by atoms with van der Waals surface area (Å²) in [7, 11) is 1.31. The highest BCUT2D eigenvalue weighted by Crippen LogP contribution is 2.19. The van der Waals surface area contributed by atoms with Gasteiger partial charge in [0.25, 0.3) is 0 Å². The van der Waals surface area contributed by atoms with Crippen LogP contribution in [0.1, 0.15) is 15.9 Å². The Labute approximate surface area is 159 Å². The Morgan fingerprint density at radius 3 is 2.52 bits per heavy atom. The second-order valence-corrected chi connectivity index (χ2v) is 6.42. The number of esters is 1. The van der Waals surface area contributed by atoms with Crippen molar-refractivity contribution in [2.75, 3.05) is 18.3 Å². The molecule has 3 aromatic rings. The van der Waals surface area contributed by atoms with Gasteiger partial charge < -0.3 is 15.9 Å². The van der Waals surface area contributed by atoms with Crippen molar-refractivity contribution in [2.45, 2.75) is 10.9 Å². The molecule has 0 unspecified atom stereocenters. The monoisotopic (exact) mass is 383 g/mol. The fourth-order valence-corrected chi connectivity index (χ4v) is 3.04. The molecule has 0 spiro atoms. The molecule has 0 bridgehead atoms. The average Bonchev–Trinajstić information content (AvgIpc) is 2.71. The Balaban J connectivity index is 1.73. The van der Waals surface area contributed by atoms with Gasteiger partial charge in [-0.05, 0) is 29.8 Å². The summed E-state index contributed by atoms with van der Waals surface area (Å²) in [6.07, 6.45) is 0. The molecule has 1 heterocycles. The summed E-state index contributed by atoms with van der Waals surface area (Å²) in [4.78, 5) is 23.9. The van der Waals surface area contributed by atoms with Crippen molar-refractivity contribution in [3.05, 3.63) is 76.1 Å². The minimum absolute atomic E-state index is 0.00706. The number of hydrogen-bond acceptors (Lipinski definition) is 8. The van der Waals surface area contributed by atoms with E-state index in [2.05, 4.69) is 20.3 Å². The number of methoxy groups -OCH3 is 1. The van der Waals surface area contributed by atoms with Crippen LogP contribution in [0, 0.1) is 0 Å². The number of benzene rings is 2. The number of rotatable bonds is 6. The molecule has 0 aliphatic heterocycles. The van der Waals surface area contributed by atoms with Gasteiger partial charge in [-0.15, -0.1) is 10.2 Å². The number of anilines is 2. The molecule has 3 rings (SSSR count). The summed E-state index contributed by atoms with van der Waals surface area (Å²) in [6, 6.07) is 16.2. The number of nitrogens with one attached hydrogen (secondary N) is 1. The highest BCUT2D eigenvalue weighted by Gasteiger charge is 2.12. The van der Waals surface area contributed by atoms with Crippen molar-refractivity contribution >= 4 is 29.2 Å². The van der Waals surface area contributed by atoms with Crippen molar-refractivity contribution in [3.8, 4) is 0 Å². The van der Waals surface area contributed by atoms with Crippen LogP contribution in [0.25, 0.3) is 0 Å². The number of nitrogens with two attached hydrogens (primary N) is 1. The van der Waals surface area contributed by atoms with Crippen LogP contribution >= 0.6 is 11.8 Å². The number of nitrogen functional groups attached to an aromatic ring is 1. The third-order valence-corrected chi connectivity index (χ3v) is 4.66. The zero-order valence-corrected chi connectivity index (χ0v) is 15.3. The van der Waals surface area contributed by atoms with Crippen LogP contribution in [0.15, 0.2) is 64.5 Å². The largest absolute Gasteiger partial charge is 0.465 e. The van der Waals surface area contributed by atoms with Gasteiger partial charge in [0.15, 0.2) is 0 Å². The van der Waals surface area contributed by atoms with Gasteiger partial charge in [-0.25, -0.2) is 4.79 Å². The molecule has 27 heavy (non-hydrogen) atoms. The Morgan fingerprint density at radius 2 is 1.85 bits per heavy atom. The highest BCUT2D eigenvalue weighted by molar-refractivity contribution is 7.98. The quantitative estimate of drug-likeness (QED) is 0.378. The van der Waals surface area contributed by atoms with E-state index in [9.17, 15) is 9.59 Å². The predicted molar refractivity (Wildman–Crippen MR) is 104 cm³/mol. The van der Waals surface area contributed by atoms with Gasteiger partial charge >= 0.3 is 11.5 Å². The molecule has 3 N–H and O–H groups in total. The van der Waals surface area contributed by atoms with Crippen molar-refractivity contribution in [3.63, 3.8) is 0 Å². The molecule has 0 aliphatic carbocycles. The van der Waals surface area contributed by atoms with E-state index in [4.69, 9.17) is 5.84 Å². The average molecular weight is 383 g/mol. The molecule has 0 aliphatic rings. The predicted octanol–water partition coefficient (Wildman–Crippen LogP) is 2.17. The van der Waals surface area contributed by atoms with Gasteiger partial charge in [-0.2, -0.15) is 4.68 Å². The first kappa shape index (κ1) is 18.5. The summed E-state index contributed by atoms with van der Waals surface area (Å²) in [5, 5.41) is 11.1. The standard InChI is InChI=1S/C18H17N5O3S/c1-26-17(25)13-7-9-14(10-8-13)20-15-16(24)23(19)18(22-21-15)27-11-12-5-3-2-4-6-12/h2-10H,11,19H2,1H3,(H,20,21). The second-order valence-electron chi connectivity index (χ2n) is 5.47. The van der Waals surface area contributed by atoms with Crippen molar-refractivity contribution in [2.24, 2.45) is 0 Å². The zero-order valence-electron chi connectivity index (χ0n) is 14.5. The molecular weight excluding hydrogens is 366 g/mol. The van der Waals surface area contributed by atoms with E-state index in [1.165, 1.54) is 18.9 Å². The molecule has 0 fully saturated rings. The Bertz CT molecular complexity index is 990. The van der Waals surface area contributed by atoms with E-state index >= 15 is 0 Å². The van der Waals surface area contributed by atoms with E-state index in [-0.39, 0.29) is 5.82 Å². The number of thioether (sulfide) groups is 1. The third-order valence-electron chi connectivity index (χ3n) is 3.64. The molecule has 2 aromatic carbocycles. The number of aromatic nitrogens is 3. The molecule has 8 nitrogen and oxygen atoms in total. The molecule has 1 aromatic heterocycles.